The Morgan fingerprint density at radius 1 is 1.19 bits per heavy atom. The monoisotopic (exact) mass is 426 g/mol. The van der Waals surface area contributed by atoms with Crippen molar-refractivity contribution in [1.29, 1.82) is 0 Å². The number of carbonyl (C=O) groups excluding carboxylic acids is 2. The van der Waals surface area contributed by atoms with E-state index in [-0.39, 0.29) is 17.9 Å². The van der Waals surface area contributed by atoms with Gasteiger partial charge in [0.05, 0.1) is 11.4 Å². The highest BCUT2D eigenvalue weighted by Gasteiger charge is 2.29. The molecule has 1 fully saturated rings. The quantitative estimate of drug-likeness (QED) is 0.793. The molecule has 0 spiro atoms. The summed E-state index contributed by atoms with van der Waals surface area (Å²) in [7, 11) is 0. The van der Waals surface area contributed by atoms with Gasteiger partial charge in [0, 0.05) is 30.4 Å². The van der Waals surface area contributed by atoms with Crippen LogP contribution in [0.15, 0.2) is 30.3 Å². The summed E-state index contributed by atoms with van der Waals surface area (Å²) in [5, 5.41) is 7.43. The SMILES string of the molecule is Cc1cc(C)n(-c2ccc(C(=O)N3CCC[C@H]([C@@H](C)NC(=O)OC(C)(C)C)C3)cc2)n1. The van der Waals surface area contributed by atoms with Crippen LogP contribution >= 0.6 is 0 Å². The van der Waals surface area contributed by atoms with Gasteiger partial charge in [-0.15, -0.1) is 0 Å². The minimum absolute atomic E-state index is 0.0223. The number of hydrogen-bond donors (Lipinski definition) is 1. The summed E-state index contributed by atoms with van der Waals surface area (Å²) in [4.78, 5) is 27.1. The molecule has 3 rings (SSSR count). The third kappa shape index (κ3) is 5.87. The molecule has 0 unspecified atom stereocenters. The van der Waals surface area contributed by atoms with Gasteiger partial charge in [-0.3, -0.25) is 4.79 Å². The van der Waals surface area contributed by atoms with Gasteiger partial charge in [0.25, 0.3) is 5.91 Å². The van der Waals surface area contributed by atoms with Crippen molar-refractivity contribution in [2.24, 2.45) is 5.92 Å². The van der Waals surface area contributed by atoms with Crippen LogP contribution in [0.3, 0.4) is 0 Å². The number of ether oxygens (including phenoxy) is 1. The number of aryl methyl sites for hydroxylation is 2. The average Bonchev–Trinajstić information content (AvgIpc) is 3.04. The predicted octanol–water partition coefficient (Wildman–Crippen LogP) is 4.25. The maximum atomic E-state index is 13.1. The van der Waals surface area contributed by atoms with E-state index < -0.39 is 11.7 Å². The van der Waals surface area contributed by atoms with Crippen molar-refractivity contribution < 1.29 is 14.3 Å². The van der Waals surface area contributed by atoms with Crippen molar-refractivity contribution in [2.75, 3.05) is 13.1 Å². The highest BCUT2D eigenvalue weighted by atomic mass is 16.6. The molecular weight excluding hydrogens is 392 g/mol. The molecule has 2 atom stereocenters. The number of alkyl carbamates (subject to hydrolysis) is 1. The molecular formula is C24H34N4O3. The average molecular weight is 427 g/mol. The number of rotatable bonds is 4. The summed E-state index contributed by atoms with van der Waals surface area (Å²) >= 11 is 0. The standard InChI is InChI=1S/C24H34N4O3/c1-16-14-17(2)28(26-16)21-11-9-19(10-12-21)22(29)27-13-7-8-20(15-27)18(3)25-23(30)31-24(4,5)6/h9-12,14,18,20H,7-8,13,15H2,1-6H3,(H,25,30)/t18-,20+/m1/s1. The molecule has 0 bridgehead atoms. The van der Waals surface area contributed by atoms with Crippen LogP contribution in [0, 0.1) is 19.8 Å². The minimum Gasteiger partial charge on any atom is -0.444 e. The Balaban J connectivity index is 1.62. The fraction of sp³-hybridized carbons (Fsp3) is 0.542. The Morgan fingerprint density at radius 2 is 1.87 bits per heavy atom. The number of hydrogen-bond acceptors (Lipinski definition) is 4. The number of likely N-dealkylation sites (tertiary alicyclic amines) is 1. The van der Waals surface area contributed by atoms with Gasteiger partial charge in [0.2, 0.25) is 0 Å². The van der Waals surface area contributed by atoms with Gasteiger partial charge in [-0.05, 0) is 90.6 Å². The highest BCUT2D eigenvalue weighted by Crippen LogP contribution is 2.22. The number of amides is 2. The maximum Gasteiger partial charge on any atom is 0.407 e. The Labute approximate surface area is 184 Å². The number of piperidine rings is 1. The van der Waals surface area contributed by atoms with Crippen molar-refractivity contribution in [3.8, 4) is 5.69 Å². The summed E-state index contributed by atoms with van der Waals surface area (Å²) in [6.45, 7) is 12.8. The van der Waals surface area contributed by atoms with Crippen LogP contribution in [0.1, 0.15) is 62.3 Å². The fourth-order valence-corrected chi connectivity index (χ4v) is 4.03. The molecule has 7 nitrogen and oxygen atoms in total. The smallest absolute Gasteiger partial charge is 0.407 e. The summed E-state index contributed by atoms with van der Waals surface area (Å²) in [5.41, 5.74) is 3.10. The molecule has 2 aromatic rings. The lowest BCUT2D eigenvalue weighted by Gasteiger charge is -2.36. The molecule has 1 aromatic carbocycles. The van der Waals surface area contributed by atoms with E-state index in [2.05, 4.69) is 10.4 Å². The van der Waals surface area contributed by atoms with E-state index in [1.165, 1.54) is 0 Å². The van der Waals surface area contributed by atoms with E-state index in [0.717, 1.165) is 36.5 Å². The Hall–Kier alpha value is -2.83. The van der Waals surface area contributed by atoms with Crippen molar-refractivity contribution in [2.45, 2.75) is 66.0 Å². The van der Waals surface area contributed by atoms with E-state index in [1.54, 1.807) is 0 Å². The molecule has 2 amide bonds. The van der Waals surface area contributed by atoms with Crippen LogP contribution in [0.5, 0.6) is 0 Å². The predicted molar refractivity (Wildman–Crippen MR) is 120 cm³/mol. The molecule has 2 heterocycles. The second kappa shape index (κ2) is 9.12. The second-order valence-electron chi connectivity index (χ2n) is 9.47. The van der Waals surface area contributed by atoms with Crippen LogP contribution in [-0.2, 0) is 4.74 Å². The van der Waals surface area contributed by atoms with Crippen LogP contribution < -0.4 is 5.32 Å². The van der Waals surface area contributed by atoms with Crippen LogP contribution in [0.2, 0.25) is 0 Å². The number of aromatic nitrogens is 2. The fourth-order valence-electron chi connectivity index (χ4n) is 4.03. The van der Waals surface area contributed by atoms with E-state index in [0.29, 0.717) is 12.1 Å². The molecule has 0 aliphatic carbocycles. The lowest BCUT2D eigenvalue weighted by Crippen LogP contribution is -2.48. The third-order valence-electron chi connectivity index (χ3n) is 5.56. The Morgan fingerprint density at radius 3 is 2.45 bits per heavy atom. The molecule has 0 saturated carbocycles. The zero-order chi connectivity index (χ0) is 22.8. The highest BCUT2D eigenvalue weighted by molar-refractivity contribution is 5.94. The molecule has 7 heteroatoms. The molecule has 1 aliphatic rings. The first-order valence-corrected chi connectivity index (χ1v) is 11.0. The largest absolute Gasteiger partial charge is 0.444 e. The summed E-state index contributed by atoms with van der Waals surface area (Å²) in [6.07, 6.45) is 1.47. The molecule has 1 saturated heterocycles. The number of carbonyl (C=O) groups is 2. The van der Waals surface area contributed by atoms with Gasteiger partial charge < -0.3 is 15.0 Å². The number of nitrogens with one attached hydrogen (secondary N) is 1. The van der Waals surface area contributed by atoms with Gasteiger partial charge >= 0.3 is 6.09 Å². The first kappa shape index (κ1) is 22.8. The molecule has 0 radical (unpaired) electrons. The maximum absolute atomic E-state index is 13.1. The third-order valence-corrected chi connectivity index (χ3v) is 5.56. The first-order valence-electron chi connectivity index (χ1n) is 11.0. The molecule has 1 aliphatic heterocycles. The normalized spacial score (nSPS) is 17.9. The second-order valence-corrected chi connectivity index (χ2v) is 9.47. The van der Waals surface area contributed by atoms with E-state index in [9.17, 15) is 9.59 Å². The van der Waals surface area contributed by atoms with Gasteiger partial charge in [-0.25, -0.2) is 9.48 Å². The van der Waals surface area contributed by atoms with Crippen LogP contribution in [0.25, 0.3) is 5.69 Å². The van der Waals surface area contributed by atoms with E-state index in [1.807, 2.05) is 81.5 Å². The first-order chi connectivity index (χ1) is 14.5. The number of benzene rings is 1. The molecule has 1 aromatic heterocycles. The molecule has 1 N–H and O–H groups in total. The van der Waals surface area contributed by atoms with E-state index >= 15 is 0 Å². The topological polar surface area (TPSA) is 76.5 Å². The lowest BCUT2D eigenvalue weighted by atomic mass is 9.91. The van der Waals surface area contributed by atoms with Crippen molar-refractivity contribution in [3.05, 3.63) is 47.3 Å². The molecule has 31 heavy (non-hydrogen) atoms. The van der Waals surface area contributed by atoms with Crippen molar-refractivity contribution in [3.63, 3.8) is 0 Å². The van der Waals surface area contributed by atoms with Gasteiger partial charge in [0.15, 0.2) is 0 Å². The lowest BCUT2D eigenvalue weighted by molar-refractivity contribution is 0.0460. The van der Waals surface area contributed by atoms with E-state index in [4.69, 9.17) is 4.74 Å². The zero-order valence-corrected chi connectivity index (χ0v) is 19.4. The summed E-state index contributed by atoms with van der Waals surface area (Å²) in [6, 6.07) is 9.54. The minimum atomic E-state index is -0.530. The van der Waals surface area contributed by atoms with Gasteiger partial charge in [0.1, 0.15) is 5.60 Å². The summed E-state index contributed by atoms with van der Waals surface area (Å²) < 4.78 is 7.24. The van der Waals surface area contributed by atoms with Gasteiger partial charge in [-0.1, -0.05) is 0 Å². The number of nitrogens with zero attached hydrogens (tertiary/aromatic N) is 3. The van der Waals surface area contributed by atoms with Crippen LogP contribution in [0.4, 0.5) is 4.79 Å². The molecule has 168 valence electrons. The van der Waals surface area contributed by atoms with Crippen molar-refractivity contribution >= 4 is 12.0 Å². The van der Waals surface area contributed by atoms with Gasteiger partial charge in [-0.2, -0.15) is 5.10 Å². The van der Waals surface area contributed by atoms with Crippen molar-refractivity contribution in [1.82, 2.24) is 20.0 Å². The Kier molecular flexibility index (Phi) is 6.72. The Bertz CT molecular complexity index is 927. The van der Waals surface area contributed by atoms with Crippen LogP contribution in [-0.4, -0.2) is 51.4 Å². The zero-order valence-electron chi connectivity index (χ0n) is 19.4. The summed E-state index contributed by atoms with van der Waals surface area (Å²) in [5.74, 6) is 0.216.